The summed E-state index contributed by atoms with van der Waals surface area (Å²) in [6.07, 6.45) is 0. The van der Waals surface area contributed by atoms with E-state index in [9.17, 15) is 0 Å². The van der Waals surface area contributed by atoms with Gasteiger partial charge in [-0.25, -0.2) is 0 Å². The molecule has 0 unspecified atom stereocenters. The number of rotatable bonds is 4. The average Bonchev–Trinajstić information content (AvgIpc) is 2.96. The first-order chi connectivity index (χ1) is 10.3. The van der Waals surface area contributed by atoms with E-state index in [2.05, 4.69) is 51.1 Å². The highest BCUT2D eigenvalue weighted by Crippen LogP contribution is 2.21. The molecule has 1 fully saturated rings. The first kappa shape index (κ1) is 14.0. The summed E-state index contributed by atoms with van der Waals surface area (Å²) >= 11 is 0. The van der Waals surface area contributed by atoms with Crippen LogP contribution in [0.2, 0.25) is 0 Å². The van der Waals surface area contributed by atoms with Crippen molar-refractivity contribution < 1.29 is 4.52 Å². The molecule has 6 nitrogen and oxygen atoms in total. The predicted molar refractivity (Wildman–Crippen MR) is 80.9 cm³/mol. The number of nitrogens with zero attached hydrogens (tertiary/aromatic N) is 4. The van der Waals surface area contributed by atoms with Crippen LogP contribution < -0.4 is 10.6 Å². The van der Waals surface area contributed by atoms with Gasteiger partial charge in [0.25, 0.3) is 0 Å². The lowest BCUT2D eigenvalue weighted by Gasteiger charge is -2.36. The predicted octanol–water partition coefficient (Wildman–Crippen LogP) is 1.16. The third-order valence-electron chi connectivity index (χ3n) is 3.88. The summed E-state index contributed by atoms with van der Waals surface area (Å²) in [6.45, 7) is 7.23. The number of aryl methyl sites for hydroxylation is 1. The molecule has 1 saturated heterocycles. The van der Waals surface area contributed by atoms with Gasteiger partial charge in [-0.15, -0.1) is 0 Å². The Morgan fingerprint density at radius 3 is 2.62 bits per heavy atom. The maximum Gasteiger partial charge on any atom is 0.240 e. The van der Waals surface area contributed by atoms with Gasteiger partial charge in [-0.05, 0) is 18.6 Å². The largest absolute Gasteiger partial charge is 0.369 e. The van der Waals surface area contributed by atoms with E-state index in [1.165, 1.54) is 11.3 Å². The van der Waals surface area contributed by atoms with Crippen LogP contribution >= 0.6 is 0 Å². The van der Waals surface area contributed by atoms with Crippen LogP contribution in [0.3, 0.4) is 0 Å². The molecule has 0 saturated carbocycles. The zero-order chi connectivity index (χ0) is 14.7. The number of piperazine rings is 1. The Balaban J connectivity index is 1.56. The van der Waals surface area contributed by atoms with Crippen molar-refractivity contribution in [3.05, 3.63) is 41.5 Å². The monoisotopic (exact) mass is 287 g/mol. The van der Waals surface area contributed by atoms with Crippen LogP contribution in [-0.2, 0) is 13.1 Å². The summed E-state index contributed by atoms with van der Waals surface area (Å²) in [5.74, 6) is 1.23. The average molecular weight is 287 g/mol. The number of aromatic nitrogens is 2. The molecule has 2 heterocycles. The van der Waals surface area contributed by atoms with Crippen LogP contribution in [-0.4, -0.2) is 41.2 Å². The van der Waals surface area contributed by atoms with Crippen LogP contribution in [0.25, 0.3) is 0 Å². The van der Waals surface area contributed by atoms with Crippen LogP contribution in [0.1, 0.15) is 17.3 Å². The van der Waals surface area contributed by atoms with Crippen LogP contribution in [0.15, 0.2) is 28.8 Å². The molecule has 1 aromatic carbocycles. The van der Waals surface area contributed by atoms with Crippen molar-refractivity contribution in [3.8, 4) is 0 Å². The highest BCUT2D eigenvalue weighted by atomic mass is 16.5. The molecule has 0 atom stereocenters. The molecular weight excluding hydrogens is 266 g/mol. The molecule has 1 aromatic heterocycles. The maximum atomic E-state index is 5.48. The summed E-state index contributed by atoms with van der Waals surface area (Å²) < 4.78 is 5.04. The zero-order valence-corrected chi connectivity index (χ0v) is 12.3. The molecule has 1 aliphatic rings. The SMILES string of the molecule is Cc1ccccc1N1CCN(Cc2noc(CN)n2)CC1. The third-order valence-corrected chi connectivity index (χ3v) is 3.88. The van der Waals surface area contributed by atoms with Gasteiger partial charge in [-0.2, -0.15) is 4.98 Å². The van der Waals surface area contributed by atoms with Gasteiger partial charge in [0.15, 0.2) is 5.82 Å². The van der Waals surface area contributed by atoms with Crippen molar-refractivity contribution in [2.24, 2.45) is 5.73 Å². The molecule has 0 radical (unpaired) electrons. The molecule has 0 aliphatic carbocycles. The van der Waals surface area contributed by atoms with Crippen LogP contribution in [0, 0.1) is 6.92 Å². The summed E-state index contributed by atoms with van der Waals surface area (Å²) in [5, 5.41) is 3.95. The minimum Gasteiger partial charge on any atom is -0.369 e. The second-order valence-corrected chi connectivity index (χ2v) is 5.36. The van der Waals surface area contributed by atoms with Crippen molar-refractivity contribution in [2.45, 2.75) is 20.0 Å². The summed E-state index contributed by atoms with van der Waals surface area (Å²) in [7, 11) is 0. The Morgan fingerprint density at radius 2 is 1.95 bits per heavy atom. The molecule has 1 aliphatic heterocycles. The topological polar surface area (TPSA) is 71.4 Å². The van der Waals surface area contributed by atoms with Gasteiger partial charge in [0.2, 0.25) is 5.89 Å². The minimum atomic E-state index is 0.300. The van der Waals surface area contributed by atoms with Crippen molar-refractivity contribution in [3.63, 3.8) is 0 Å². The van der Waals surface area contributed by atoms with E-state index in [1.54, 1.807) is 0 Å². The van der Waals surface area contributed by atoms with Crippen LogP contribution in [0.4, 0.5) is 5.69 Å². The maximum absolute atomic E-state index is 5.48. The van der Waals surface area contributed by atoms with Gasteiger partial charge < -0.3 is 15.2 Å². The molecule has 112 valence electrons. The van der Waals surface area contributed by atoms with E-state index < -0.39 is 0 Å². The molecule has 0 bridgehead atoms. The van der Waals surface area contributed by atoms with Gasteiger partial charge in [0.1, 0.15) is 0 Å². The van der Waals surface area contributed by atoms with E-state index in [1.807, 2.05) is 0 Å². The van der Waals surface area contributed by atoms with Gasteiger partial charge in [0.05, 0.1) is 13.1 Å². The number of anilines is 1. The Kier molecular flexibility index (Phi) is 4.17. The summed E-state index contributed by atoms with van der Waals surface area (Å²) in [4.78, 5) is 9.04. The fraction of sp³-hybridized carbons (Fsp3) is 0.467. The van der Waals surface area contributed by atoms with E-state index >= 15 is 0 Å². The molecule has 3 rings (SSSR count). The molecule has 2 aromatic rings. The fourth-order valence-electron chi connectivity index (χ4n) is 2.70. The second kappa shape index (κ2) is 6.24. The number of para-hydroxylation sites is 1. The molecule has 0 spiro atoms. The number of nitrogens with two attached hydrogens (primary N) is 1. The highest BCUT2D eigenvalue weighted by Gasteiger charge is 2.19. The van der Waals surface area contributed by atoms with E-state index in [0.717, 1.165) is 38.5 Å². The lowest BCUT2D eigenvalue weighted by molar-refractivity contribution is 0.240. The number of hydrogen-bond acceptors (Lipinski definition) is 6. The Morgan fingerprint density at radius 1 is 1.19 bits per heavy atom. The summed E-state index contributed by atoms with van der Waals surface area (Å²) in [6, 6.07) is 8.54. The van der Waals surface area contributed by atoms with Gasteiger partial charge in [0, 0.05) is 31.9 Å². The molecule has 21 heavy (non-hydrogen) atoms. The fourth-order valence-corrected chi connectivity index (χ4v) is 2.70. The second-order valence-electron chi connectivity index (χ2n) is 5.36. The van der Waals surface area contributed by atoms with Gasteiger partial charge in [-0.3, -0.25) is 4.90 Å². The molecule has 6 heteroatoms. The normalized spacial score (nSPS) is 16.4. The molecule has 0 amide bonds. The van der Waals surface area contributed by atoms with Crippen LogP contribution in [0.5, 0.6) is 0 Å². The van der Waals surface area contributed by atoms with E-state index in [4.69, 9.17) is 10.3 Å². The Bertz CT molecular complexity index is 589. The third kappa shape index (κ3) is 3.22. The van der Waals surface area contributed by atoms with E-state index in [-0.39, 0.29) is 0 Å². The minimum absolute atomic E-state index is 0.300. The van der Waals surface area contributed by atoms with Crippen molar-refractivity contribution >= 4 is 5.69 Å². The standard InChI is InChI=1S/C15H21N5O/c1-12-4-2-3-5-13(12)20-8-6-19(7-9-20)11-14-17-15(10-16)21-18-14/h2-5H,6-11,16H2,1H3. The lowest BCUT2D eigenvalue weighted by Crippen LogP contribution is -2.46. The van der Waals surface area contributed by atoms with E-state index in [0.29, 0.717) is 12.4 Å². The smallest absolute Gasteiger partial charge is 0.240 e. The first-order valence-corrected chi connectivity index (χ1v) is 7.30. The summed E-state index contributed by atoms with van der Waals surface area (Å²) in [5.41, 5.74) is 8.14. The number of benzene rings is 1. The van der Waals surface area contributed by atoms with Gasteiger partial charge in [-0.1, -0.05) is 23.4 Å². The van der Waals surface area contributed by atoms with Crippen molar-refractivity contribution in [1.82, 2.24) is 15.0 Å². The Hall–Kier alpha value is -1.92. The van der Waals surface area contributed by atoms with Gasteiger partial charge >= 0.3 is 0 Å². The molecular formula is C15H21N5O. The quantitative estimate of drug-likeness (QED) is 0.910. The van der Waals surface area contributed by atoms with Crippen molar-refractivity contribution in [2.75, 3.05) is 31.1 Å². The highest BCUT2D eigenvalue weighted by molar-refractivity contribution is 5.53. The number of hydrogen-bond donors (Lipinski definition) is 1. The zero-order valence-electron chi connectivity index (χ0n) is 12.3. The lowest BCUT2D eigenvalue weighted by atomic mass is 10.1. The van der Waals surface area contributed by atoms with Crippen molar-refractivity contribution in [1.29, 1.82) is 0 Å². The first-order valence-electron chi connectivity index (χ1n) is 7.30. The molecule has 2 N–H and O–H groups in total. The Labute approximate surface area is 124 Å².